The second kappa shape index (κ2) is 13.1. The molecule has 0 fully saturated rings. The fraction of sp³-hybridized carbons (Fsp3) is 0.240. The van der Waals surface area contributed by atoms with Crippen molar-refractivity contribution in [2.75, 3.05) is 13.1 Å². The minimum absolute atomic E-state index is 0.101. The molecule has 3 aromatic rings. The maximum absolute atomic E-state index is 13.1. The summed E-state index contributed by atoms with van der Waals surface area (Å²) < 4.78 is 0. The van der Waals surface area contributed by atoms with Crippen molar-refractivity contribution in [3.8, 4) is 0 Å². The molecule has 2 amide bonds. The average Bonchev–Trinajstić information content (AvgIpc) is 2.87. The fourth-order valence-electron chi connectivity index (χ4n) is 3.35. The normalized spacial score (nSPS) is 10.9. The van der Waals surface area contributed by atoms with Gasteiger partial charge >= 0.3 is 7.12 Å². The molecule has 0 radical (unpaired) electrons. The van der Waals surface area contributed by atoms with E-state index in [0.29, 0.717) is 17.6 Å². The summed E-state index contributed by atoms with van der Waals surface area (Å²) in [6.07, 6.45) is 5.78. The van der Waals surface area contributed by atoms with E-state index in [1.54, 1.807) is 35.5 Å². The maximum atomic E-state index is 13.1. The molecule has 0 aliphatic heterocycles. The molecule has 0 saturated heterocycles. The van der Waals surface area contributed by atoms with Gasteiger partial charge in [0.25, 0.3) is 11.8 Å². The Labute approximate surface area is 210 Å². The van der Waals surface area contributed by atoms with Crippen molar-refractivity contribution in [1.29, 1.82) is 0 Å². The summed E-state index contributed by atoms with van der Waals surface area (Å²) in [4.78, 5) is 34.1. The zero-order chi connectivity index (χ0) is 25.9. The Morgan fingerprint density at radius 1 is 1.11 bits per heavy atom. The first-order valence-electron chi connectivity index (χ1n) is 11.5. The number of hydrazine groups is 1. The highest BCUT2D eigenvalue weighted by molar-refractivity contribution is 6.58. The predicted octanol–water partition coefficient (Wildman–Crippen LogP) is 0.822. The molecule has 0 saturated carbocycles. The summed E-state index contributed by atoms with van der Waals surface area (Å²) in [6.45, 7) is 4.54. The molecule has 3 N–H and O–H groups in total. The largest absolute Gasteiger partial charge is 0.488 e. The SMILES string of the molecule is CC(C)CN(CC(=O)NN(Cc1ccccc1)C(=O)c1cnccn1)/N=C/c1cccc(B(O)O)c1. The standard InChI is InChI=1S/C25H29BN6O4/c1-19(2)16-31(29-14-21-9-6-10-22(13-21)26(35)36)18-24(33)30-32(17-20-7-4-3-5-8-20)25(34)23-15-27-11-12-28-23/h3-15,19,35-36H,16-18H2,1-2H3,(H,30,33)/b29-14+. The molecule has 186 valence electrons. The van der Waals surface area contributed by atoms with Crippen LogP contribution in [-0.2, 0) is 11.3 Å². The third-order valence-corrected chi connectivity index (χ3v) is 4.95. The molecule has 0 unspecified atom stereocenters. The monoisotopic (exact) mass is 488 g/mol. The van der Waals surface area contributed by atoms with Crippen LogP contribution >= 0.6 is 0 Å². The van der Waals surface area contributed by atoms with E-state index in [1.807, 2.05) is 44.2 Å². The van der Waals surface area contributed by atoms with Crippen LogP contribution in [0.4, 0.5) is 0 Å². The molecule has 11 heteroatoms. The van der Waals surface area contributed by atoms with Gasteiger partial charge in [-0.1, -0.05) is 68.4 Å². The van der Waals surface area contributed by atoms with Gasteiger partial charge in [-0.05, 0) is 22.5 Å². The summed E-state index contributed by atoms with van der Waals surface area (Å²) in [7, 11) is -1.58. The zero-order valence-electron chi connectivity index (χ0n) is 20.2. The molecule has 1 heterocycles. The molecule has 0 atom stereocenters. The smallest absolute Gasteiger partial charge is 0.423 e. The number of amides is 2. The molecule has 3 rings (SSSR count). The Morgan fingerprint density at radius 3 is 2.56 bits per heavy atom. The average molecular weight is 488 g/mol. The van der Waals surface area contributed by atoms with Crippen LogP contribution in [0.25, 0.3) is 0 Å². The highest BCUT2D eigenvalue weighted by atomic mass is 16.4. The van der Waals surface area contributed by atoms with Crippen molar-refractivity contribution in [3.05, 3.63) is 90.0 Å². The Kier molecular flexibility index (Phi) is 9.67. The Balaban J connectivity index is 1.74. The minimum Gasteiger partial charge on any atom is -0.423 e. The molecule has 1 aromatic heterocycles. The van der Waals surface area contributed by atoms with Crippen molar-refractivity contribution >= 4 is 30.6 Å². The van der Waals surface area contributed by atoms with Gasteiger partial charge in [0, 0.05) is 18.9 Å². The summed E-state index contributed by atoms with van der Waals surface area (Å²) in [5.41, 5.74) is 4.61. The summed E-state index contributed by atoms with van der Waals surface area (Å²) in [5.74, 6) is -0.707. The van der Waals surface area contributed by atoms with E-state index >= 15 is 0 Å². The molecule has 10 nitrogen and oxygen atoms in total. The fourth-order valence-corrected chi connectivity index (χ4v) is 3.35. The number of nitrogens with one attached hydrogen (secondary N) is 1. The van der Waals surface area contributed by atoms with Gasteiger partial charge in [0.15, 0.2) is 0 Å². The first-order chi connectivity index (χ1) is 17.3. The number of nitrogens with zero attached hydrogens (tertiary/aromatic N) is 5. The summed E-state index contributed by atoms with van der Waals surface area (Å²) in [6, 6.07) is 15.9. The predicted molar refractivity (Wildman–Crippen MR) is 137 cm³/mol. The quantitative estimate of drug-likeness (QED) is 0.219. The number of hydrazone groups is 1. The minimum atomic E-state index is -1.58. The number of hydrogen-bond donors (Lipinski definition) is 3. The van der Waals surface area contributed by atoms with Gasteiger partial charge in [0.2, 0.25) is 0 Å². The second-order valence-corrected chi connectivity index (χ2v) is 8.53. The van der Waals surface area contributed by atoms with Crippen LogP contribution in [0, 0.1) is 5.92 Å². The van der Waals surface area contributed by atoms with Crippen molar-refractivity contribution in [2.45, 2.75) is 20.4 Å². The highest BCUT2D eigenvalue weighted by Gasteiger charge is 2.21. The van der Waals surface area contributed by atoms with Crippen molar-refractivity contribution < 1.29 is 19.6 Å². The lowest BCUT2D eigenvalue weighted by atomic mass is 9.80. The van der Waals surface area contributed by atoms with Crippen LogP contribution in [0.15, 0.2) is 78.3 Å². The van der Waals surface area contributed by atoms with Crippen LogP contribution in [0.5, 0.6) is 0 Å². The Bertz CT molecular complexity index is 1160. The number of aromatic nitrogens is 2. The van der Waals surface area contributed by atoms with Gasteiger partial charge in [0.05, 0.1) is 19.0 Å². The third-order valence-electron chi connectivity index (χ3n) is 4.95. The lowest BCUT2D eigenvalue weighted by molar-refractivity contribution is -0.126. The topological polar surface area (TPSA) is 131 Å². The molecular formula is C25H29BN6O4. The van der Waals surface area contributed by atoms with Gasteiger partial charge < -0.3 is 10.0 Å². The first kappa shape index (κ1) is 26.5. The zero-order valence-corrected chi connectivity index (χ0v) is 20.2. The van der Waals surface area contributed by atoms with Crippen LogP contribution in [0.2, 0.25) is 0 Å². The molecular weight excluding hydrogens is 459 g/mol. The molecule has 0 aliphatic rings. The molecule has 0 bridgehead atoms. The second-order valence-electron chi connectivity index (χ2n) is 8.53. The van der Waals surface area contributed by atoms with Crippen molar-refractivity contribution in [1.82, 2.24) is 25.4 Å². The van der Waals surface area contributed by atoms with Crippen LogP contribution in [0.1, 0.15) is 35.5 Å². The number of carbonyl (C=O) groups is 2. The maximum Gasteiger partial charge on any atom is 0.488 e. The van der Waals surface area contributed by atoms with E-state index in [9.17, 15) is 19.6 Å². The van der Waals surface area contributed by atoms with Crippen LogP contribution in [-0.4, -0.2) is 68.3 Å². The van der Waals surface area contributed by atoms with E-state index in [4.69, 9.17) is 0 Å². The first-order valence-corrected chi connectivity index (χ1v) is 11.5. The number of carbonyl (C=O) groups excluding carboxylic acids is 2. The third kappa shape index (κ3) is 8.29. The molecule has 0 spiro atoms. The van der Waals surface area contributed by atoms with Crippen LogP contribution in [0.3, 0.4) is 0 Å². The van der Waals surface area contributed by atoms with Gasteiger partial charge in [-0.2, -0.15) is 5.10 Å². The summed E-state index contributed by atoms with van der Waals surface area (Å²) >= 11 is 0. The van der Waals surface area contributed by atoms with Crippen molar-refractivity contribution in [3.63, 3.8) is 0 Å². The highest BCUT2D eigenvalue weighted by Crippen LogP contribution is 2.07. The van der Waals surface area contributed by atoms with E-state index in [2.05, 4.69) is 20.5 Å². The summed E-state index contributed by atoms with van der Waals surface area (Å²) in [5, 5.41) is 26.0. The van der Waals surface area contributed by atoms with Gasteiger partial charge in [-0.15, -0.1) is 0 Å². The van der Waals surface area contributed by atoms with Gasteiger partial charge in [0.1, 0.15) is 12.2 Å². The van der Waals surface area contributed by atoms with Gasteiger partial charge in [-0.3, -0.25) is 25.0 Å². The number of benzene rings is 2. The van der Waals surface area contributed by atoms with E-state index in [0.717, 1.165) is 5.56 Å². The van der Waals surface area contributed by atoms with E-state index < -0.39 is 18.9 Å². The Morgan fingerprint density at radius 2 is 1.89 bits per heavy atom. The van der Waals surface area contributed by atoms with Gasteiger partial charge in [-0.25, -0.2) is 9.99 Å². The lowest BCUT2D eigenvalue weighted by Gasteiger charge is -2.26. The number of hydrogen-bond acceptors (Lipinski definition) is 8. The lowest BCUT2D eigenvalue weighted by Crippen LogP contribution is -2.49. The molecule has 36 heavy (non-hydrogen) atoms. The molecule has 0 aliphatic carbocycles. The number of rotatable bonds is 10. The van der Waals surface area contributed by atoms with E-state index in [-0.39, 0.29) is 24.7 Å². The van der Waals surface area contributed by atoms with E-state index in [1.165, 1.54) is 23.6 Å². The molecule has 2 aromatic carbocycles. The van der Waals surface area contributed by atoms with Crippen molar-refractivity contribution in [2.24, 2.45) is 11.0 Å². The van der Waals surface area contributed by atoms with Crippen LogP contribution < -0.4 is 10.9 Å². The Hall–Kier alpha value is -4.09.